The molecule has 0 unspecified atom stereocenters. The molecule has 2 heterocycles. The van der Waals surface area contributed by atoms with Crippen molar-refractivity contribution >= 4 is 23.5 Å². The lowest BCUT2D eigenvalue weighted by Crippen LogP contribution is -2.36. The van der Waals surface area contributed by atoms with E-state index in [0.29, 0.717) is 13.2 Å². The van der Waals surface area contributed by atoms with Crippen LogP contribution in [-0.2, 0) is 4.74 Å². The fourth-order valence-electron chi connectivity index (χ4n) is 2.57. The average Bonchev–Trinajstić information content (AvgIpc) is 2.60. The number of nitrogens with one attached hydrogen (secondary N) is 1. The summed E-state index contributed by atoms with van der Waals surface area (Å²) in [5, 5.41) is 20.5. The van der Waals surface area contributed by atoms with E-state index in [1.807, 2.05) is 24.3 Å². The van der Waals surface area contributed by atoms with Gasteiger partial charge in [0.25, 0.3) is 5.88 Å². The number of benzene rings is 1. The van der Waals surface area contributed by atoms with Crippen molar-refractivity contribution in [2.45, 2.75) is 0 Å². The molecule has 1 aliphatic heterocycles. The van der Waals surface area contributed by atoms with Gasteiger partial charge in [0, 0.05) is 18.8 Å². The first-order valence-electron chi connectivity index (χ1n) is 7.63. The number of nitro groups is 1. The van der Waals surface area contributed by atoms with Gasteiger partial charge >= 0.3 is 11.4 Å². The quantitative estimate of drug-likeness (QED) is 0.635. The van der Waals surface area contributed by atoms with Crippen molar-refractivity contribution in [3.8, 4) is 5.88 Å². The molecule has 130 valence electrons. The third-order valence-corrected chi connectivity index (χ3v) is 3.81. The highest BCUT2D eigenvalue weighted by Gasteiger charge is 2.21. The van der Waals surface area contributed by atoms with Gasteiger partial charge in [-0.15, -0.1) is 0 Å². The Kier molecular flexibility index (Phi) is 4.75. The van der Waals surface area contributed by atoms with E-state index in [1.165, 1.54) is 6.08 Å². The molecular weight excluding hydrogens is 328 g/mol. The van der Waals surface area contributed by atoms with E-state index in [0.717, 1.165) is 24.3 Å². The molecule has 0 saturated carbocycles. The van der Waals surface area contributed by atoms with Crippen LogP contribution in [-0.4, -0.2) is 46.3 Å². The maximum absolute atomic E-state index is 11.3. The van der Waals surface area contributed by atoms with Gasteiger partial charge in [-0.2, -0.15) is 4.98 Å². The summed E-state index contributed by atoms with van der Waals surface area (Å²) in [5.41, 5.74) is 0.260. The zero-order valence-electron chi connectivity index (χ0n) is 13.2. The van der Waals surface area contributed by atoms with Crippen LogP contribution in [0.5, 0.6) is 5.88 Å². The normalized spacial score (nSPS) is 14.8. The monoisotopic (exact) mass is 344 g/mol. The highest BCUT2D eigenvalue weighted by atomic mass is 16.6. The number of hydrogen-bond donors (Lipinski definition) is 2. The molecule has 1 aromatic carbocycles. The summed E-state index contributed by atoms with van der Waals surface area (Å²) in [4.78, 5) is 29.1. The Morgan fingerprint density at radius 2 is 1.92 bits per heavy atom. The number of aromatic amines is 1. The minimum atomic E-state index is -0.906. The Labute approximate surface area is 142 Å². The molecule has 0 bridgehead atoms. The van der Waals surface area contributed by atoms with E-state index in [-0.39, 0.29) is 5.69 Å². The van der Waals surface area contributed by atoms with Crippen LogP contribution in [0.15, 0.2) is 29.1 Å². The van der Waals surface area contributed by atoms with Gasteiger partial charge in [-0.1, -0.05) is 18.2 Å². The summed E-state index contributed by atoms with van der Waals surface area (Å²) in [5.74, 6) is -0.906. The van der Waals surface area contributed by atoms with E-state index < -0.39 is 22.2 Å². The third-order valence-electron chi connectivity index (χ3n) is 3.81. The molecule has 2 N–H and O–H groups in total. The van der Waals surface area contributed by atoms with Crippen molar-refractivity contribution < 1.29 is 14.8 Å². The molecule has 0 spiro atoms. The topological polar surface area (TPSA) is 122 Å². The first-order chi connectivity index (χ1) is 12.0. The van der Waals surface area contributed by atoms with Crippen molar-refractivity contribution in [1.29, 1.82) is 0 Å². The number of H-pyrrole nitrogens is 1. The number of aromatic nitrogens is 2. The van der Waals surface area contributed by atoms with E-state index in [9.17, 15) is 20.0 Å². The maximum atomic E-state index is 11.3. The number of nitrogens with zero attached hydrogens (tertiary/aromatic N) is 3. The van der Waals surface area contributed by atoms with Gasteiger partial charge < -0.3 is 14.7 Å². The van der Waals surface area contributed by atoms with Crippen molar-refractivity contribution in [1.82, 2.24) is 9.97 Å². The summed E-state index contributed by atoms with van der Waals surface area (Å²) in [6.07, 6.45) is 2.98. The number of hydrogen-bond acceptors (Lipinski definition) is 7. The van der Waals surface area contributed by atoms with Gasteiger partial charge in [0.1, 0.15) is 5.69 Å². The van der Waals surface area contributed by atoms with E-state index >= 15 is 0 Å². The first-order valence-corrected chi connectivity index (χ1v) is 7.63. The highest BCUT2D eigenvalue weighted by Crippen LogP contribution is 2.26. The average molecular weight is 344 g/mol. The lowest BCUT2D eigenvalue weighted by atomic mass is 10.1. The fourth-order valence-corrected chi connectivity index (χ4v) is 2.57. The number of anilines is 1. The fraction of sp³-hybridized carbons (Fsp3) is 0.250. The standard InChI is InChI=1S/C16H16N4O5/c21-15-14(20(23)24)13(17-16(22)18-15)6-3-11-1-4-12(5-2-11)19-7-9-25-10-8-19/h1-6H,7-10H2,(H2,17,18,21,22)/b6-3-. The van der Waals surface area contributed by atoms with Crippen LogP contribution >= 0.6 is 0 Å². The van der Waals surface area contributed by atoms with Crippen LogP contribution in [0, 0.1) is 10.1 Å². The summed E-state index contributed by atoms with van der Waals surface area (Å²) in [6, 6.07) is 7.64. The molecule has 2 aromatic rings. The molecule has 9 nitrogen and oxygen atoms in total. The number of ether oxygens (including phenoxy) is 1. The molecule has 3 rings (SSSR count). The lowest BCUT2D eigenvalue weighted by molar-refractivity contribution is -0.386. The second-order valence-corrected chi connectivity index (χ2v) is 5.41. The molecule has 1 aliphatic rings. The van der Waals surface area contributed by atoms with Crippen molar-refractivity contribution in [3.05, 3.63) is 56.1 Å². The number of rotatable bonds is 4. The van der Waals surface area contributed by atoms with Crippen LogP contribution < -0.4 is 10.6 Å². The first kappa shape index (κ1) is 16.7. The van der Waals surface area contributed by atoms with E-state index in [1.54, 1.807) is 6.08 Å². The highest BCUT2D eigenvalue weighted by molar-refractivity contribution is 5.73. The summed E-state index contributed by atoms with van der Waals surface area (Å²) in [7, 11) is 0. The molecular formula is C16H16N4O5. The molecule has 0 amide bonds. The minimum absolute atomic E-state index is 0.111. The predicted octanol–water partition coefficient (Wildman–Crippen LogP) is 1.39. The molecule has 1 fully saturated rings. The zero-order valence-corrected chi connectivity index (χ0v) is 13.2. The third kappa shape index (κ3) is 3.83. The van der Waals surface area contributed by atoms with Crippen LogP contribution in [0.2, 0.25) is 0 Å². The molecule has 9 heteroatoms. The Balaban J connectivity index is 1.83. The van der Waals surface area contributed by atoms with Crippen molar-refractivity contribution in [2.75, 3.05) is 31.2 Å². The molecule has 25 heavy (non-hydrogen) atoms. The largest absolute Gasteiger partial charge is 0.488 e. The molecule has 1 saturated heterocycles. The Hall–Kier alpha value is -3.20. The van der Waals surface area contributed by atoms with Crippen LogP contribution in [0.3, 0.4) is 0 Å². The van der Waals surface area contributed by atoms with Crippen molar-refractivity contribution in [3.63, 3.8) is 0 Å². The van der Waals surface area contributed by atoms with Crippen LogP contribution in [0.25, 0.3) is 12.2 Å². The number of aromatic hydroxyl groups is 1. The predicted molar refractivity (Wildman–Crippen MR) is 91.6 cm³/mol. The zero-order chi connectivity index (χ0) is 17.8. The van der Waals surface area contributed by atoms with Gasteiger partial charge in [-0.25, -0.2) is 4.79 Å². The van der Waals surface area contributed by atoms with E-state index in [2.05, 4.69) is 14.9 Å². The van der Waals surface area contributed by atoms with Crippen LogP contribution in [0.1, 0.15) is 11.3 Å². The molecule has 1 aromatic heterocycles. The van der Waals surface area contributed by atoms with Gasteiger partial charge in [0.15, 0.2) is 0 Å². The molecule has 0 aliphatic carbocycles. The Morgan fingerprint density at radius 1 is 1.24 bits per heavy atom. The van der Waals surface area contributed by atoms with Gasteiger partial charge in [0.05, 0.1) is 18.1 Å². The maximum Gasteiger partial charge on any atom is 0.354 e. The van der Waals surface area contributed by atoms with Crippen molar-refractivity contribution in [2.24, 2.45) is 0 Å². The molecule has 0 radical (unpaired) electrons. The number of morpholine rings is 1. The minimum Gasteiger partial charge on any atom is -0.488 e. The van der Waals surface area contributed by atoms with Gasteiger partial charge in [0.2, 0.25) is 0 Å². The summed E-state index contributed by atoms with van der Waals surface area (Å²) in [6.45, 7) is 3.06. The van der Waals surface area contributed by atoms with Gasteiger partial charge in [-0.05, 0) is 23.8 Å². The lowest BCUT2D eigenvalue weighted by Gasteiger charge is -2.28. The molecule has 0 atom stereocenters. The summed E-state index contributed by atoms with van der Waals surface area (Å²) >= 11 is 0. The summed E-state index contributed by atoms with van der Waals surface area (Å²) < 4.78 is 5.32. The Morgan fingerprint density at radius 3 is 2.56 bits per heavy atom. The smallest absolute Gasteiger partial charge is 0.354 e. The van der Waals surface area contributed by atoms with Crippen LogP contribution in [0.4, 0.5) is 11.4 Å². The van der Waals surface area contributed by atoms with Gasteiger partial charge in [-0.3, -0.25) is 15.1 Å². The second-order valence-electron chi connectivity index (χ2n) is 5.41. The Bertz CT molecular complexity index is 854. The SMILES string of the molecule is O=c1nc(O)c([N+](=O)[O-])c(/C=C\c2ccc(N3CCOCC3)cc2)[nH]1. The second kappa shape index (κ2) is 7.14. The van der Waals surface area contributed by atoms with E-state index in [4.69, 9.17) is 4.74 Å².